The summed E-state index contributed by atoms with van der Waals surface area (Å²) in [6.45, 7) is 13.8. The first-order chi connectivity index (χ1) is 20.3. The fourth-order valence-electron chi connectivity index (χ4n) is 6.62. The number of carbonyl (C=O) groups excluding carboxylic acids is 2. The molecule has 2 aliphatic heterocycles. The van der Waals surface area contributed by atoms with Gasteiger partial charge in [0, 0.05) is 69.9 Å². The Morgan fingerprint density at radius 2 is 1.67 bits per heavy atom. The van der Waals surface area contributed by atoms with E-state index in [-0.39, 0.29) is 23.7 Å². The first-order valence-electron chi connectivity index (χ1n) is 15.9. The lowest BCUT2D eigenvalue weighted by molar-refractivity contribution is -0.143. The molecule has 3 aliphatic rings. The van der Waals surface area contributed by atoms with Crippen LogP contribution in [-0.2, 0) is 9.53 Å². The van der Waals surface area contributed by atoms with Crippen molar-refractivity contribution < 1.29 is 19.4 Å². The number of phenolic OH excluding ortho intramolecular Hbond substituents is 1. The molecule has 0 spiro atoms. The van der Waals surface area contributed by atoms with E-state index < -0.39 is 0 Å². The van der Waals surface area contributed by atoms with Gasteiger partial charge in [-0.3, -0.25) is 24.3 Å². The number of ether oxygens (including phenoxy) is 1. The largest absolute Gasteiger partial charge is 0.508 e. The lowest BCUT2D eigenvalue weighted by atomic mass is 9.92. The van der Waals surface area contributed by atoms with Crippen LogP contribution < -0.4 is 0 Å². The predicted molar refractivity (Wildman–Crippen MR) is 165 cm³/mol. The van der Waals surface area contributed by atoms with Crippen LogP contribution in [0.5, 0.6) is 5.75 Å². The molecule has 2 aromatic rings. The van der Waals surface area contributed by atoms with Gasteiger partial charge in [0.15, 0.2) is 0 Å². The summed E-state index contributed by atoms with van der Waals surface area (Å²) in [7, 11) is 0. The van der Waals surface area contributed by atoms with Gasteiger partial charge in [-0.2, -0.15) is 0 Å². The molecule has 1 aliphatic carbocycles. The van der Waals surface area contributed by atoms with E-state index in [4.69, 9.17) is 4.74 Å². The average molecular weight is 577 g/mol. The molecular formula is C34H48N4O4. The Balaban J connectivity index is 1.28. The SMILES string of the molecule is CCOC(=O)CCCN1CCN(C(=O)c2cccc(C(c3cccc(O)c3)N3C[C@@H](C)N(CC4CC4)C[C@H]3C)c2)CC1. The number of carbonyl (C=O) groups is 2. The Hall–Kier alpha value is -2.94. The molecule has 1 amide bonds. The highest BCUT2D eigenvalue weighted by molar-refractivity contribution is 5.94. The zero-order valence-electron chi connectivity index (χ0n) is 25.6. The van der Waals surface area contributed by atoms with Crippen molar-refractivity contribution in [3.63, 3.8) is 0 Å². The highest BCUT2D eigenvalue weighted by Gasteiger charge is 2.37. The number of hydrogen-bond acceptors (Lipinski definition) is 7. The number of aromatic hydroxyl groups is 1. The topological polar surface area (TPSA) is 76.6 Å². The number of hydrogen-bond donors (Lipinski definition) is 1. The summed E-state index contributed by atoms with van der Waals surface area (Å²) in [6.07, 6.45) is 3.93. The summed E-state index contributed by atoms with van der Waals surface area (Å²) >= 11 is 0. The molecule has 5 rings (SSSR count). The van der Waals surface area contributed by atoms with Gasteiger partial charge in [-0.05, 0) is 87.9 Å². The Morgan fingerprint density at radius 3 is 2.36 bits per heavy atom. The highest BCUT2D eigenvalue weighted by Crippen LogP contribution is 2.37. The number of amides is 1. The predicted octanol–water partition coefficient (Wildman–Crippen LogP) is 4.39. The second-order valence-electron chi connectivity index (χ2n) is 12.5. The first kappa shape index (κ1) is 30.5. The van der Waals surface area contributed by atoms with Crippen molar-refractivity contribution in [3.05, 3.63) is 65.2 Å². The van der Waals surface area contributed by atoms with Gasteiger partial charge in [0.05, 0.1) is 12.6 Å². The number of phenols is 1. The first-order valence-corrected chi connectivity index (χ1v) is 15.9. The molecule has 228 valence electrons. The van der Waals surface area contributed by atoms with Gasteiger partial charge in [-0.25, -0.2) is 0 Å². The summed E-state index contributed by atoms with van der Waals surface area (Å²) in [5, 5.41) is 10.4. The van der Waals surface area contributed by atoms with Crippen molar-refractivity contribution in [1.29, 1.82) is 0 Å². The normalized spacial score (nSPS) is 23.1. The molecule has 0 aromatic heterocycles. The van der Waals surface area contributed by atoms with Crippen molar-refractivity contribution in [1.82, 2.24) is 19.6 Å². The van der Waals surface area contributed by atoms with Crippen molar-refractivity contribution in [2.45, 2.75) is 64.6 Å². The molecule has 0 radical (unpaired) electrons. The molecule has 42 heavy (non-hydrogen) atoms. The van der Waals surface area contributed by atoms with Crippen LogP contribution >= 0.6 is 0 Å². The molecule has 1 saturated carbocycles. The molecule has 2 aromatic carbocycles. The van der Waals surface area contributed by atoms with Gasteiger partial charge in [0.25, 0.3) is 5.91 Å². The van der Waals surface area contributed by atoms with E-state index in [1.807, 2.05) is 36.1 Å². The van der Waals surface area contributed by atoms with E-state index in [0.29, 0.717) is 43.8 Å². The molecule has 3 fully saturated rings. The quantitative estimate of drug-likeness (QED) is 0.398. The third kappa shape index (κ3) is 7.71. The standard InChI is InChI=1S/C34H48N4O4/c1-4-42-32(40)12-7-15-35-16-18-36(19-17-35)34(41)30-10-5-8-28(20-30)33(29-9-6-11-31(39)21-29)38-23-25(2)37(22-26(38)3)24-27-13-14-27/h5-6,8-11,20-21,25-27,33,39H,4,7,12-19,22-24H2,1-3H3/t25-,26-,33?/m1/s1. The van der Waals surface area contributed by atoms with E-state index in [1.165, 1.54) is 19.4 Å². The van der Waals surface area contributed by atoms with E-state index in [9.17, 15) is 14.7 Å². The zero-order chi connectivity index (χ0) is 29.6. The summed E-state index contributed by atoms with van der Waals surface area (Å²) in [6, 6.07) is 16.4. The number of rotatable bonds is 11. The van der Waals surface area contributed by atoms with E-state index in [1.54, 1.807) is 6.07 Å². The molecular weight excluding hydrogens is 528 g/mol. The van der Waals surface area contributed by atoms with Gasteiger partial charge in [0.1, 0.15) is 5.75 Å². The Morgan fingerprint density at radius 1 is 0.952 bits per heavy atom. The minimum Gasteiger partial charge on any atom is -0.508 e. The average Bonchev–Trinajstić information content (AvgIpc) is 3.80. The second-order valence-corrected chi connectivity index (χ2v) is 12.5. The summed E-state index contributed by atoms with van der Waals surface area (Å²) in [5.41, 5.74) is 2.84. The minimum atomic E-state index is -0.140. The van der Waals surface area contributed by atoms with Gasteiger partial charge in [-0.15, -0.1) is 0 Å². The number of esters is 1. The van der Waals surface area contributed by atoms with Crippen molar-refractivity contribution in [2.75, 3.05) is 59.0 Å². The van der Waals surface area contributed by atoms with Crippen LogP contribution in [0, 0.1) is 5.92 Å². The number of benzene rings is 2. The summed E-state index contributed by atoms with van der Waals surface area (Å²) in [5.74, 6) is 1.05. The van der Waals surface area contributed by atoms with Crippen molar-refractivity contribution >= 4 is 11.9 Å². The van der Waals surface area contributed by atoms with Crippen LogP contribution in [-0.4, -0.2) is 108 Å². The lowest BCUT2D eigenvalue weighted by Crippen LogP contribution is -2.57. The van der Waals surface area contributed by atoms with Gasteiger partial charge in [-0.1, -0.05) is 24.3 Å². The van der Waals surface area contributed by atoms with Crippen molar-refractivity contribution in [2.24, 2.45) is 5.92 Å². The van der Waals surface area contributed by atoms with Crippen LogP contribution in [0.4, 0.5) is 0 Å². The summed E-state index contributed by atoms with van der Waals surface area (Å²) in [4.78, 5) is 34.8. The molecule has 1 N–H and O–H groups in total. The Bertz CT molecular complexity index is 1210. The minimum absolute atomic E-state index is 0.0541. The Labute approximate surface area is 251 Å². The number of piperazine rings is 2. The third-order valence-corrected chi connectivity index (χ3v) is 9.14. The molecule has 8 heteroatoms. The third-order valence-electron chi connectivity index (χ3n) is 9.14. The monoisotopic (exact) mass is 576 g/mol. The maximum absolute atomic E-state index is 13.7. The molecule has 0 bridgehead atoms. The van der Waals surface area contributed by atoms with E-state index >= 15 is 0 Å². The highest BCUT2D eigenvalue weighted by atomic mass is 16.5. The van der Waals surface area contributed by atoms with E-state index in [2.05, 4.69) is 46.7 Å². The molecule has 2 heterocycles. The van der Waals surface area contributed by atoms with Crippen molar-refractivity contribution in [3.8, 4) is 5.75 Å². The Kier molecular flexibility index (Phi) is 10.2. The van der Waals surface area contributed by atoms with Gasteiger partial charge < -0.3 is 14.7 Å². The smallest absolute Gasteiger partial charge is 0.305 e. The summed E-state index contributed by atoms with van der Waals surface area (Å²) < 4.78 is 5.03. The fraction of sp³-hybridized carbons (Fsp3) is 0.588. The zero-order valence-corrected chi connectivity index (χ0v) is 25.6. The molecule has 1 unspecified atom stereocenters. The van der Waals surface area contributed by atoms with Gasteiger partial charge >= 0.3 is 5.97 Å². The van der Waals surface area contributed by atoms with Crippen LogP contribution in [0.2, 0.25) is 0 Å². The van der Waals surface area contributed by atoms with E-state index in [0.717, 1.165) is 56.2 Å². The second kappa shape index (κ2) is 14.0. The lowest BCUT2D eigenvalue weighted by Gasteiger charge is -2.48. The number of nitrogens with zero attached hydrogens (tertiary/aromatic N) is 4. The molecule has 2 saturated heterocycles. The van der Waals surface area contributed by atoms with Crippen LogP contribution in [0.25, 0.3) is 0 Å². The van der Waals surface area contributed by atoms with Crippen LogP contribution in [0.3, 0.4) is 0 Å². The maximum Gasteiger partial charge on any atom is 0.305 e. The van der Waals surface area contributed by atoms with Crippen LogP contribution in [0.1, 0.15) is 74.0 Å². The maximum atomic E-state index is 13.7. The van der Waals surface area contributed by atoms with Crippen LogP contribution in [0.15, 0.2) is 48.5 Å². The molecule has 3 atom stereocenters. The van der Waals surface area contributed by atoms with Gasteiger partial charge in [0.2, 0.25) is 0 Å². The molecule has 8 nitrogen and oxygen atoms in total. The fourth-order valence-corrected chi connectivity index (χ4v) is 6.62.